The van der Waals surface area contributed by atoms with Gasteiger partial charge in [0.15, 0.2) is 5.17 Å². The first-order valence-corrected chi connectivity index (χ1v) is 14.6. The molecule has 0 unspecified atom stereocenters. The van der Waals surface area contributed by atoms with E-state index in [0.717, 1.165) is 23.7 Å². The SMILES string of the molecule is CN1C(=O)/C(=C/c2ccc(N(C)Cc3ccc(C4CCCCC4)cc3)cc2)SC1=Nc1ccc(CC(=O)O)cc1. The molecule has 1 aliphatic carbocycles. The van der Waals surface area contributed by atoms with Gasteiger partial charge in [-0.1, -0.05) is 67.8 Å². The van der Waals surface area contributed by atoms with Crippen LogP contribution in [0.1, 0.15) is 60.3 Å². The molecule has 0 spiro atoms. The van der Waals surface area contributed by atoms with Crippen LogP contribution in [0.4, 0.5) is 11.4 Å². The zero-order valence-corrected chi connectivity index (χ0v) is 23.9. The van der Waals surface area contributed by atoms with Gasteiger partial charge < -0.3 is 10.0 Å². The summed E-state index contributed by atoms with van der Waals surface area (Å²) in [7, 11) is 3.82. The molecule has 1 saturated heterocycles. The lowest BCUT2D eigenvalue weighted by molar-refractivity contribution is -0.136. The molecule has 3 aromatic rings. The molecule has 1 N–H and O–H groups in total. The van der Waals surface area contributed by atoms with Crippen LogP contribution in [-0.2, 0) is 22.6 Å². The number of nitrogens with zero attached hydrogens (tertiary/aromatic N) is 3. The number of rotatable bonds is 8. The largest absolute Gasteiger partial charge is 0.481 e. The maximum Gasteiger partial charge on any atom is 0.307 e. The van der Waals surface area contributed by atoms with Crippen molar-refractivity contribution in [1.29, 1.82) is 0 Å². The zero-order chi connectivity index (χ0) is 28.1. The van der Waals surface area contributed by atoms with E-state index in [0.29, 0.717) is 21.3 Å². The Labute approximate surface area is 240 Å². The molecule has 6 nitrogen and oxygen atoms in total. The number of hydrogen-bond acceptors (Lipinski definition) is 5. The monoisotopic (exact) mass is 553 g/mol. The molecule has 1 saturated carbocycles. The van der Waals surface area contributed by atoms with Gasteiger partial charge >= 0.3 is 5.97 Å². The van der Waals surface area contributed by atoms with Crippen LogP contribution in [0.5, 0.6) is 0 Å². The fourth-order valence-electron chi connectivity index (χ4n) is 5.30. The molecule has 1 heterocycles. The maximum absolute atomic E-state index is 12.9. The van der Waals surface area contributed by atoms with Gasteiger partial charge in [0.05, 0.1) is 17.0 Å². The molecule has 0 radical (unpaired) electrons. The average molecular weight is 554 g/mol. The van der Waals surface area contributed by atoms with E-state index in [1.165, 1.54) is 55.0 Å². The number of hydrogen-bond donors (Lipinski definition) is 1. The molecule has 2 fully saturated rings. The standard InChI is InChI=1S/C33H35N3O3S/c1-35(22-25-8-14-27(15-9-25)26-6-4-3-5-7-26)29-18-12-23(13-19-29)20-30-32(39)36(2)33(40-30)34-28-16-10-24(11-17-28)21-31(37)38/h8-20,26H,3-7,21-22H2,1-2H3,(H,37,38)/b30-20-,34-33?. The number of anilines is 1. The second kappa shape index (κ2) is 12.6. The topological polar surface area (TPSA) is 73.2 Å². The molecule has 0 aromatic heterocycles. The molecular weight excluding hydrogens is 518 g/mol. The quantitative estimate of drug-likeness (QED) is 0.298. The predicted octanol–water partition coefficient (Wildman–Crippen LogP) is 7.23. The van der Waals surface area contributed by atoms with Gasteiger partial charge in [-0.25, -0.2) is 4.99 Å². The maximum atomic E-state index is 12.9. The van der Waals surface area contributed by atoms with Crippen molar-refractivity contribution in [3.63, 3.8) is 0 Å². The Morgan fingerprint density at radius 3 is 2.27 bits per heavy atom. The van der Waals surface area contributed by atoms with Crippen molar-refractivity contribution in [3.8, 4) is 0 Å². The van der Waals surface area contributed by atoms with Crippen molar-refractivity contribution in [3.05, 3.63) is 100.0 Å². The van der Waals surface area contributed by atoms with Gasteiger partial charge in [0, 0.05) is 26.3 Å². The first kappa shape index (κ1) is 27.7. The first-order valence-electron chi connectivity index (χ1n) is 13.8. The molecule has 7 heteroatoms. The molecule has 1 aliphatic heterocycles. The van der Waals surface area contributed by atoms with E-state index in [1.807, 2.05) is 18.2 Å². The molecule has 5 rings (SSSR count). The Hall–Kier alpha value is -3.84. The smallest absolute Gasteiger partial charge is 0.307 e. The fourth-order valence-corrected chi connectivity index (χ4v) is 6.28. The van der Waals surface area contributed by atoms with Crippen molar-refractivity contribution in [2.45, 2.75) is 51.0 Å². The molecule has 40 heavy (non-hydrogen) atoms. The summed E-state index contributed by atoms with van der Waals surface area (Å²) in [4.78, 5) is 32.8. The van der Waals surface area contributed by atoms with Crippen molar-refractivity contribution in [1.82, 2.24) is 4.90 Å². The van der Waals surface area contributed by atoms with Crippen LogP contribution in [0.15, 0.2) is 82.7 Å². The summed E-state index contributed by atoms with van der Waals surface area (Å²) >= 11 is 1.34. The van der Waals surface area contributed by atoms with Gasteiger partial charge in [-0.05, 0) is 83.1 Å². The number of carbonyl (C=O) groups excluding carboxylic acids is 1. The number of benzene rings is 3. The highest BCUT2D eigenvalue weighted by molar-refractivity contribution is 8.18. The van der Waals surface area contributed by atoms with Gasteiger partial charge in [0.1, 0.15) is 0 Å². The van der Waals surface area contributed by atoms with Gasteiger partial charge in [0.2, 0.25) is 0 Å². The van der Waals surface area contributed by atoms with E-state index in [9.17, 15) is 9.59 Å². The Kier molecular flexibility index (Phi) is 8.70. The number of carboxylic acid groups (broad SMARTS) is 1. The number of amidine groups is 1. The predicted molar refractivity (Wildman–Crippen MR) is 164 cm³/mol. The second-order valence-electron chi connectivity index (χ2n) is 10.6. The summed E-state index contributed by atoms with van der Waals surface area (Å²) in [5, 5.41) is 9.54. The molecule has 206 valence electrons. The molecule has 2 aliphatic rings. The van der Waals surface area contributed by atoms with E-state index in [1.54, 1.807) is 36.2 Å². The molecule has 3 aromatic carbocycles. The highest BCUT2D eigenvalue weighted by Gasteiger charge is 2.30. The minimum absolute atomic E-state index is 0.0288. The molecule has 1 amide bonds. The number of aliphatic carboxylic acids is 1. The van der Waals surface area contributed by atoms with Crippen LogP contribution in [0, 0.1) is 0 Å². The van der Waals surface area contributed by atoms with E-state index < -0.39 is 5.97 Å². The Morgan fingerprint density at radius 2 is 1.62 bits per heavy atom. The number of carboxylic acids is 1. The van der Waals surface area contributed by atoms with E-state index in [2.05, 4.69) is 53.3 Å². The minimum Gasteiger partial charge on any atom is -0.481 e. The van der Waals surface area contributed by atoms with Crippen LogP contribution in [0.3, 0.4) is 0 Å². The summed E-state index contributed by atoms with van der Waals surface area (Å²) in [5.41, 5.74) is 6.24. The van der Waals surface area contributed by atoms with Crippen molar-refractivity contribution in [2.24, 2.45) is 4.99 Å². The normalized spacial score (nSPS) is 18.1. The fraction of sp³-hybridized carbons (Fsp3) is 0.303. The van der Waals surface area contributed by atoms with Crippen molar-refractivity contribution >= 4 is 46.3 Å². The zero-order valence-electron chi connectivity index (χ0n) is 23.0. The summed E-state index contributed by atoms with van der Waals surface area (Å²) < 4.78 is 0. The van der Waals surface area contributed by atoms with E-state index in [4.69, 9.17) is 5.11 Å². The lowest BCUT2D eigenvalue weighted by Gasteiger charge is -2.23. The Morgan fingerprint density at radius 1 is 0.975 bits per heavy atom. The summed E-state index contributed by atoms with van der Waals surface area (Å²) in [6.07, 6.45) is 8.60. The van der Waals surface area contributed by atoms with Crippen LogP contribution in [0.2, 0.25) is 0 Å². The Bertz CT molecular complexity index is 1410. The highest BCUT2D eigenvalue weighted by Crippen LogP contribution is 2.34. The third kappa shape index (κ3) is 6.83. The third-order valence-electron chi connectivity index (χ3n) is 7.63. The lowest BCUT2D eigenvalue weighted by atomic mass is 9.84. The number of carbonyl (C=O) groups is 2. The third-order valence-corrected chi connectivity index (χ3v) is 8.69. The number of likely N-dealkylation sites (N-methyl/N-ethyl adjacent to an activating group) is 1. The first-order chi connectivity index (χ1) is 19.4. The highest BCUT2D eigenvalue weighted by atomic mass is 32.2. The van der Waals surface area contributed by atoms with Crippen molar-refractivity contribution in [2.75, 3.05) is 19.0 Å². The van der Waals surface area contributed by atoms with Crippen LogP contribution in [0.25, 0.3) is 6.08 Å². The van der Waals surface area contributed by atoms with Crippen LogP contribution in [-0.4, -0.2) is 41.1 Å². The number of amides is 1. The number of thioether (sulfide) groups is 1. The Balaban J connectivity index is 1.21. The van der Waals surface area contributed by atoms with E-state index >= 15 is 0 Å². The van der Waals surface area contributed by atoms with Crippen LogP contribution < -0.4 is 4.90 Å². The van der Waals surface area contributed by atoms with Gasteiger partial charge in [-0.3, -0.25) is 14.5 Å². The summed E-state index contributed by atoms with van der Waals surface area (Å²) in [6.45, 7) is 0.835. The van der Waals surface area contributed by atoms with Gasteiger partial charge in [-0.2, -0.15) is 0 Å². The van der Waals surface area contributed by atoms with Gasteiger partial charge in [-0.15, -0.1) is 0 Å². The lowest BCUT2D eigenvalue weighted by Crippen LogP contribution is -2.23. The van der Waals surface area contributed by atoms with E-state index in [-0.39, 0.29) is 12.3 Å². The molecular formula is C33H35N3O3S. The minimum atomic E-state index is -0.871. The average Bonchev–Trinajstić information content (AvgIpc) is 3.22. The van der Waals surface area contributed by atoms with Gasteiger partial charge in [0.25, 0.3) is 5.91 Å². The summed E-state index contributed by atoms with van der Waals surface area (Å²) in [5.74, 6) is -0.236. The molecule has 0 bridgehead atoms. The van der Waals surface area contributed by atoms with Crippen molar-refractivity contribution < 1.29 is 14.7 Å². The number of aliphatic imine (C=N–C) groups is 1. The van der Waals surface area contributed by atoms with Crippen LogP contribution >= 0.6 is 11.8 Å². The second-order valence-corrected chi connectivity index (χ2v) is 11.6. The molecule has 0 atom stereocenters. The summed E-state index contributed by atoms with van der Waals surface area (Å²) in [6, 6.07) is 24.4.